The highest BCUT2D eigenvalue weighted by Crippen LogP contribution is 2.44. The molecule has 2 aromatic heterocycles. The van der Waals surface area contributed by atoms with Gasteiger partial charge in [0.25, 0.3) is 0 Å². The Morgan fingerprint density at radius 1 is 1.15 bits per heavy atom. The number of benzene rings is 2. The van der Waals surface area contributed by atoms with Gasteiger partial charge in [0.2, 0.25) is 6.23 Å². The maximum Gasteiger partial charge on any atom is 0.354 e. The highest BCUT2D eigenvalue weighted by molar-refractivity contribution is 6.30. The van der Waals surface area contributed by atoms with E-state index in [2.05, 4.69) is 4.98 Å². The monoisotopic (exact) mass is 550 g/mol. The number of aromatic nitrogens is 3. The molecule has 39 heavy (non-hydrogen) atoms. The molecule has 3 heterocycles. The quantitative estimate of drug-likeness (QED) is 0.315. The zero-order chi connectivity index (χ0) is 27.7. The smallest absolute Gasteiger partial charge is 0.354 e. The molecule has 4 aromatic rings. The molecule has 0 fully saturated rings. The third-order valence-electron chi connectivity index (χ3n) is 6.13. The molecule has 1 unspecified atom stereocenters. The summed E-state index contributed by atoms with van der Waals surface area (Å²) in [6.45, 7) is 0.760. The minimum atomic E-state index is -1.36. The molecule has 0 saturated carbocycles. The molecule has 5 rings (SSSR count). The first-order valence-corrected chi connectivity index (χ1v) is 12.2. The van der Waals surface area contributed by atoms with Crippen molar-refractivity contribution in [1.29, 1.82) is 0 Å². The Balaban J connectivity index is 1.73. The molecule has 0 saturated heterocycles. The molecule has 3 N–H and O–H groups in total. The summed E-state index contributed by atoms with van der Waals surface area (Å²) in [6, 6.07) is 12.8. The van der Waals surface area contributed by atoms with Crippen molar-refractivity contribution in [3.05, 3.63) is 97.8 Å². The summed E-state index contributed by atoms with van der Waals surface area (Å²) < 4.78 is 20.3. The minimum absolute atomic E-state index is 0.0593. The normalized spacial score (nSPS) is 13.7. The van der Waals surface area contributed by atoms with Gasteiger partial charge in [0, 0.05) is 60.8 Å². The highest BCUT2D eigenvalue weighted by Gasteiger charge is 2.30. The number of carboxylic acids is 1. The lowest BCUT2D eigenvalue weighted by atomic mass is 10.0. The molecule has 0 aliphatic carbocycles. The number of rotatable bonds is 8. The van der Waals surface area contributed by atoms with Gasteiger partial charge in [0.15, 0.2) is 5.43 Å². The third-order valence-corrected chi connectivity index (χ3v) is 6.38. The van der Waals surface area contributed by atoms with Crippen molar-refractivity contribution >= 4 is 23.4 Å². The van der Waals surface area contributed by atoms with E-state index in [4.69, 9.17) is 31.5 Å². The van der Waals surface area contributed by atoms with Gasteiger partial charge in [0.05, 0.1) is 18.0 Å². The first-order chi connectivity index (χ1) is 18.8. The molecule has 1 aliphatic heterocycles. The Morgan fingerprint density at radius 3 is 2.62 bits per heavy atom. The number of nitrogen functional groups attached to an aromatic ring is 1. The average molecular weight is 551 g/mol. The Morgan fingerprint density at radius 2 is 1.92 bits per heavy atom. The highest BCUT2D eigenvalue weighted by atomic mass is 35.5. The Kier molecular flexibility index (Phi) is 7.09. The van der Waals surface area contributed by atoms with Crippen molar-refractivity contribution in [3.8, 4) is 28.4 Å². The number of pyridine rings is 1. The van der Waals surface area contributed by atoms with Crippen LogP contribution in [0.1, 0.15) is 28.6 Å². The molecule has 200 valence electrons. The minimum Gasteiger partial charge on any atom is -0.491 e. The number of carbonyl (C=O) groups is 1. The maximum atomic E-state index is 12.8. The van der Waals surface area contributed by atoms with E-state index in [1.807, 2.05) is 0 Å². The Bertz CT molecular complexity index is 1680. The number of fused-ring (bicyclic) bond motifs is 3. The van der Waals surface area contributed by atoms with Gasteiger partial charge in [0.1, 0.15) is 22.9 Å². The number of ether oxygens (including phenoxy) is 3. The lowest BCUT2D eigenvalue weighted by Gasteiger charge is -2.32. The van der Waals surface area contributed by atoms with E-state index in [1.54, 1.807) is 48.1 Å². The largest absolute Gasteiger partial charge is 0.491 e. The van der Waals surface area contributed by atoms with E-state index >= 15 is 0 Å². The zero-order valence-corrected chi connectivity index (χ0v) is 21.4. The predicted molar refractivity (Wildman–Crippen MR) is 143 cm³/mol. The predicted octanol–water partition coefficient (Wildman–Crippen LogP) is 3.35. The molecule has 12 heteroatoms. The summed E-state index contributed by atoms with van der Waals surface area (Å²) in [6.07, 6.45) is 2.48. The van der Waals surface area contributed by atoms with Crippen molar-refractivity contribution in [2.75, 3.05) is 26.1 Å². The van der Waals surface area contributed by atoms with Crippen LogP contribution in [0.2, 0.25) is 5.02 Å². The van der Waals surface area contributed by atoms with Crippen LogP contribution in [0.15, 0.2) is 70.5 Å². The fourth-order valence-electron chi connectivity index (χ4n) is 4.29. The van der Waals surface area contributed by atoms with Crippen LogP contribution in [0, 0.1) is 0 Å². The second kappa shape index (κ2) is 10.6. The number of hydrogen-bond donors (Lipinski definition) is 2. The molecule has 0 amide bonds. The standard InChI is InChI=1S/C27H23ClN4O7/c1-37-9-2-10-38-23-13-22-17(11-20(23)31-8-7-24(29)30-27(31)36)19-12-21(33)18(26(34)35)14-32(19)25(39-22)15-3-5-16(28)6-4-15/h3-8,11-14,25H,2,9-10H2,1H3,(H,34,35)(H2,29,30,36). The lowest BCUT2D eigenvalue weighted by molar-refractivity contribution is 0.0693. The van der Waals surface area contributed by atoms with Crippen molar-refractivity contribution in [2.45, 2.75) is 12.6 Å². The van der Waals surface area contributed by atoms with Crippen LogP contribution in [0.25, 0.3) is 16.9 Å². The number of carboxylic acid groups (broad SMARTS) is 1. The summed E-state index contributed by atoms with van der Waals surface area (Å²) in [5.41, 5.74) is 5.78. The third kappa shape index (κ3) is 5.09. The number of nitrogens with zero attached hydrogens (tertiary/aromatic N) is 3. The first-order valence-electron chi connectivity index (χ1n) is 11.8. The first kappa shape index (κ1) is 26.0. The Labute approximate surface area is 226 Å². The molecule has 0 radical (unpaired) electrons. The topological polar surface area (TPSA) is 148 Å². The van der Waals surface area contributed by atoms with Crippen LogP contribution in [0.5, 0.6) is 11.5 Å². The molecule has 0 spiro atoms. The van der Waals surface area contributed by atoms with Crippen molar-refractivity contribution in [2.24, 2.45) is 0 Å². The summed E-state index contributed by atoms with van der Waals surface area (Å²) in [5.74, 6) is -0.620. The second-order valence-corrected chi connectivity index (χ2v) is 9.12. The van der Waals surface area contributed by atoms with E-state index in [9.17, 15) is 19.5 Å². The number of hydrogen-bond acceptors (Lipinski definition) is 8. The zero-order valence-electron chi connectivity index (χ0n) is 20.7. The fourth-order valence-corrected chi connectivity index (χ4v) is 4.42. The van der Waals surface area contributed by atoms with Crippen LogP contribution >= 0.6 is 11.6 Å². The van der Waals surface area contributed by atoms with Crippen LogP contribution in [0.3, 0.4) is 0 Å². The van der Waals surface area contributed by atoms with Crippen LogP contribution in [-0.2, 0) is 4.74 Å². The van der Waals surface area contributed by atoms with E-state index in [-0.39, 0.29) is 12.4 Å². The van der Waals surface area contributed by atoms with E-state index in [0.717, 1.165) is 0 Å². The summed E-state index contributed by atoms with van der Waals surface area (Å²) in [7, 11) is 1.59. The molecule has 1 atom stereocenters. The lowest BCUT2D eigenvalue weighted by Crippen LogP contribution is -2.28. The number of nitrogens with two attached hydrogens (primary N) is 1. The molecular formula is C27H23ClN4O7. The van der Waals surface area contributed by atoms with E-state index in [0.29, 0.717) is 52.1 Å². The summed E-state index contributed by atoms with van der Waals surface area (Å²) >= 11 is 6.08. The molecular weight excluding hydrogens is 528 g/mol. The van der Waals surface area contributed by atoms with Crippen LogP contribution in [0.4, 0.5) is 5.82 Å². The number of halogens is 1. The number of aromatic carboxylic acids is 1. The van der Waals surface area contributed by atoms with Crippen molar-refractivity contribution < 1.29 is 24.1 Å². The van der Waals surface area contributed by atoms with Gasteiger partial charge >= 0.3 is 11.7 Å². The van der Waals surface area contributed by atoms with Crippen molar-refractivity contribution in [1.82, 2.24) is 14.1 Å². The van der Waals surface area contributed by atoms with Gasteiger partial charge in [-0.15, -0.1) is 0 Å². The van der Waals surface area contributed by atoms with E-state index < -0.39 is 28.9 Å². The van der Waals surface area contributed by atoms with E-state index in [1.165, 1.54) is 29.1 Å². The van der Waals surface area contributed by atoms with Crippen LogP contribution < -0.4 is 26.3 Å². The molecule has 11 nitrogen and oxygen atoms in total. The molecule has 2 aromatic carbocycles. The average Bonchev–Trinajstić information content (AvgIpc) is 2.90. The van der Waals surface area contributed by atoms with Gasteiger partial charge in [-0.1, -0.05) is 23.7 Å². The summed E-state index contributed by atoms with van der Waals surface area (Å²) in [5, 5.41) is 10.1. The Hall–Kier alpha value is -4.61. The van der Waals surface area contributed by atoms with Gasteiger partial charge in [-0.25, -0.2) is 9.59 Å². The number of anilines is 1. The molecule has 0 bridgehead atoms. The van der Waals surface area contributed by atoms with Gasteiger partial charge < -0.3 is 29.6 Å². The van der Waals surface area contributed by atoms with Crippen LogP contribution in [-0.4, -0.2) is 45.5 Å². The van der Waals surface area contributed by atoms with Crippen molar-refractivity contribution in [3.63, 3.8) is 0 Å². The second-order valence-electron chi connectivity index (χ2n) is 8.69. The van der Waals surface area contributed by atoms with Gasteiger partial charge in [-0.2, -0.15) is 4.98 Å². The summed E-state index contributed by atoms with van der Waals surface area (Å²) in [4.78, 5) is 41.1. The van der Waals surface area contributed by atoms with Gasteiger partial charge in [-0.3, -0.25) is 9.36 Å². The SMILES string of the molecule is COCCCOc1cc2c(cc1-n1ccc(N)nc1=O)-c1cc(=O)c(C(=O)O)cn1C(c1ccc(Cl)cc1)O2. The molecule has 1 aliphatic rings. The number of methoxy groups -OCH3 is 1. The fraction of sp³-hybridized carbons (Fsp3) is 0.185. The van der Waals surface area contributed by atoms with Gasteiger partial charge in [-0.05, 0) is 24.3 Å². The maximum absolute atomic E-state index is 12.8.